The van der Waals surface area contributed by atoms with Crippen LogP contribution in [-0.2, 0) is 20.8 Å². The van der Waals surface area contributed by atoms with Gasteiger partial charge in [0, 0.05) is 11.5 Å². The minimum absolute atomic E-state index is 0.0159. The Bertz CT molecular complexity index is 1560. The number of hydrogen-bond donors (Lipinski definition) is 5. The van der Waals surface area contributed by atoms with Crippen molar-refractivity contribution in [3.05, 3.63) is 58.4 Å². The number of aliphatic hydroxyl groups excluding tert-OH is 2. The first-order chi connectivity index (χ1) is 18.5. The third-order valence-electron chi connectivity index (χ3n) is 8.29. The lowest BCUT2D eigenvalue weighted by Gasteiger charge is -2.50. The predicted molar refractivity (Wildman–Crippen MR) is 136 cm³/mol. The number of nitrogens with zero attached hydrogens (tertiary/aromatic N) is 1. The molecule has 2 aromatic rings. The number of nitrogens with two attached hydrogens (primary N) is 1. The van der Waals surface area contributed by atoms with Crippen molar-refractivity contribution < 1.29 is 44.3 Å². The first-order valence-corrected chi connectivity index (χ1v) is 12.4. The van der Waals surface area contributed by atoms with E-state index in [4.69, 9.17) is 15.2 Å². The van der Waals surface area contributed by atoms with E-state index in [-0.39, 0.29) is 36.5 Å². The van der Waals surface area contributed by atoms with E-state index in [1.807, 2.05) is 6.07 Å². The summed E-state index contributed by atoms with van der Waals surface area (Å²) >= 11 is 0. The molecule has 4 aliphatic rings. The van der Waals surface area contributed by atoms with Gasteiger partial charge in [-0.05, 0) is 67.7 Å². The molecule has 1 amide bonds. The van der Waals surface area contributed by atoms with Gasteiger partial charge in [0.2, 0.25) is 12.6 Å². The molecule has 11 heteroatoms. The van der Waals surface area contributed by atoms with Crippen molar-refractivity contribution in [1.29, 1.82) is 0 Å². The molecule has 11 nitrogen and oxygen atoms in total. The van der Waals surface area contributed by atoms with Crippen LogP contribution in [0, 0.1) is 11.8 Å². The summed E-state index contributed by atoms with van der Waals surface area (Å²) in [5.74, 6) is -5.70. The Morgan fingerprint density at radius 3 is 2.49 bits per heavy atom. The highest BCUT2D eigenvalue weighted by molar-refractivity contribution is 6.24. The number of primary amides is 1. The van der Waals surface area contributed by atoms with E-state index < -0.39 is 58.0 Å². The Hall–Kier alpha value is -4.35. The van der Waals surface area contributed by atoms with Gasteiger partial charge in [0.15, 0.2) is 22.9 Å². The van der Waals surface area contributed by atoms with Crippen molar-refractivity contribution in [3.8, 4) is 28.4 Å². The van der Waals surface area contributed by atoms with E-state index in [1.54, 1.807) is 32.3 Å². The van der Waals surface area contributed by atoms with Crippen LogP contribution in [0.3, 0.4) is 0 Å². The van der Waals surface area contributed by atoms with Crippen LogP contribution in [0.1, 0.15) is 17.5 Å². The van der Waals surface area contributed by atoms with Crippen LogP contribution in [0.4, 0.5) is 0 Å². The number of rotatable bonds is 3. The Morgan fingerprint density at radius 1 is 1.08 bits per heavy atom. The number of aliphatic hydroxyl groups is 3. The van der Waals surface area contributed by atoms with Gasteiger partial charge in [-0.1, -0.05) is 12.1 Å². The Labute approximate surface area is 222 Å². The lowest BCUT2D eigenvalue weighted by molar-refractivity contribution is -0.153. The molecule has 3 aliphatic carbocycles. The van der Waals surface area contributed by atoms with Gasteiger partial charge in [0.25, 0.3) is 5.91 Å². The number of likely N-dealkylation sites (N-methyl/N-ethyl adjacent to an activating group) is 1. The normalized spacial score (nSPS) is 27.4. The zero-order valence-electron chi connectivity index (χ0n) is 21.1. The molecule has 1 heterocycles. The zero-order chi connectivity index (χ0) is 28.0. The lowest BCUT2D eigenvalue weighted by Crippen LogP contribution is -2.65. The maximum Gasteiger partial charge on any atom is 0.255 e. The number of hydrogen-bond acceptors (Lipinski definition) is 10. The predicted octanol–water partition coefficient (Wildman–Crippen LogP) is 1.36. The largest absolute Gasteiger partial charge is 0.508 e. The third kappa shape index (κ3) is 3.26. The second kappa shape index (κ2) is 8.32. The van der Waals surface area contributed by atoms with Crippen LogP contribution in [0.15, 0.2) is 47.2 Å². The highest BCUT2D eigenvalue weighted by Crippen LogP contribution is 2.54. The van der Waals surface area contributed by atoms with E-state index in [0.29, 0.717) is 22.6 Å². The fourth-order valence-corrected chi connectivity index (χ4v) is 6.58. The number of phenols is 1. The number of aromatic hydroxyl groups is 1. The summed E-state index contributed by atoms with van der Waals surface area (Å²) in [6.45, 7) is 0.0956. The number of Topliss-reactive ketones (excluding diaryl/α,β-unsaturated/α-hetero) is 2. The molecule has 0 spiro atoms. The summed E-state index contributed by atoms with van der Waals surface area (Å²) < 4.78 is 10.9. The van der Waals surface area contributed by atoms with Crippen LogP contribution < -0.4 is 15.2 Å². The van der Waals surface area contributed by atoms with Crippen molar-refractivity contribution in [2.45, 2.75) is 24.5 Å². The number of carbonyl (C=O) groups is 3. The summed E-state index contributed by atoms with van der Waals surface area (Å²) in [4.78, 5) is 40.7. The van der Waals surface area contributed by atoms with Gasteiger partial charge in [-0.25, -0.2) is 0 Å². The molecule has 1 saturated carbocycles. The second-order valence-electron chi connectivity index (χ2n) is 10.5. The topological polar surface area (TPSA) is 180 Å². The first kappa shape index (κ1) is 25.0. The third-order valence-corrected chi connectivity index (χ3v) is 8.29. The molecule has 0 radical (unpaired) electrons. The van der Waals surface area contributed by atoms with Gasteiger partial charge in [0.05, 0.1) is 11.6 Å². The van der Waals surface area contributed by atoms with Crippen LogP contribution >= 0.6 is 0 Å². The number of benzene rings is 2. The van der Waals surface area contributed by atoms with Gasteiger partial charge in [0.1, 0.15) is 22.8 Å². The van der Waals surface area contributed by atoms with Crippen LogP contribution in [0.2, 0.25) is 0 Å². The van der Waals surface area contributed by atoms with Crippen molar-refractivity contribution in [1.82, 2.24) is 4.90 Å². The summed E-state index contributed by atoms with van der Waals surface area (Å²) in [7, 11) is 3.12. The molecule has 4 atom stereocenters. The van der Waals surface area contributed by atoms with Gasteiger partial charge in [-0.15, -0.1) is 0 Å². The number of phenolic OH excluding ortho intramolecular Hbond substituents is 1. The summed E-state index contributed by atoms with van der Waals surface area (Å²) in [5, 5.41) is 44.8. The summed E-state index contributed by atoms with van der Waals surface area (Å²) in [6.07, 6.45) is 0.203. The van der Waals surface area contributed by atoms with Crippen LogP contribution in [0.5, 0.6) is 17.2 Å². The minimum Gasteiger partial charge on any atom is -0.508 e. The van der Waals surface area contributed by atoms with Crippen molar-refractivity contribution in [3.63, 3.8) is 0 Å². The van der Waals surface area contributed by atoms with Crippen molar-refractivity contribution in [2.75, 3.05) is 20.9 Å². The molecule has 0 aromatic heterocycles. The van der Waals surface area contributed by atoms with Crippen molar-refractivity contribution >= 4 is 23.2 Å². The Morgan fingerprint density at radius 2 is 1.79 bits per heavy atom. The highest BCUT2D eigenvalue weighted by Gasteiger charge is 2.64. The van der Waals surface area contributed by atoms with E-state index >= 15 is 0 Å². The molecule has 6 N–H and O–H groups in total. The van der Waals surface area contributed by atoms with Gasteiger partial charge >= 0.3 is 0 Å². The Kier molecular flexibility index (Phi) is 5.33. The molecule has 39 heavy (non-hydrogen) atoms. The van der Waals surface area contributed by atoms with E-state index in [9.17, 15) is 34.8 Å². The number of carbonyl (C=O) groups excluding carboxylic acids is 3. The molecular formula is C28H26N2O9. The maximum absolute atomic E-state index is 13.9. The van der Waals surface area contributed by atoms with Crippen LogP contribution in [-0.4, -0.2) is 75.3 Å². The molecule has 2 unspecified atom stereocenters. The minimum atomic E-state index is -2.67. The average Bonchev–Trinajstić information content (AvgIpc) is 3.34. The highest BCUT2D eigenvalue weighted by atomic mass is 16.7. The number of ketones is 2. The molecule has 1 fully saturated rings. The zero-order valence-corrected chi connectivity index (χ0v) is 21.1. The number of ether oxygens (including phenoxy) is 2. The second-order valence-corrected chi connectivity index (χ2v) is 10.5. The number of amides is 1. The number of fused-ring (bicyclic) bond motifs is 4. The lowest BCUT2D eigenvalue weighted by atomic mass is 9.57. The van der Waals surface area contributed by atoms with E-state index in [1.165, 1.54) is 11.0 Å². The molecule has 0 saturated heterocycles. The standard InChI is InChI=1S/C28H26N2O9/c1-30(2)22-15-8-12-7-14-13(11-3-6-17-18(9-11)39-10-38-17)4-5-16(31)20(14)23(32)19(12)25(34)28(15,37)26(35)21(24(22)33)27(29)36/h3-6,9,12,15,22,31-32,35,37H,7-8,10H2,1-2H3,(H2,29,36)/t12?,15?,22-,28-/m0/s1. The molecule has 1 aliphatic heterocycles. The Balaban J connectivity index is 1.54. The van der Waals surface area contributed by atoms with E-state index in [0.717, 1.165) is 5.56 Å². The van der Waals surface area contributed by atoms with Gasteiger partial charge in [-0.3, -0.25) is 19.3 Å². The fraction of sp³-hybridized carbons (Fsp3) is 0.321. The fourth-order valence-electron chi connectivity index (χ4n) is 6.58. The quantitative estimate of drug-likeness (QED) is 0.361. The maximum atomic E-state index is 13.9. The molecule has 6 rings (SSSR count). The first-order valence-electron chi connectivity index (χ1n) is 12.4. The molecule has 202 valence electrons. The average molecular weight is 535 g/mol. The molecular weight excluding hydrogens is 508 g/mol. The monoisotopic (exact) mass is 534 g/mol. The molecule has 2 aromatic carbocycles. The molecule has 0 bridgehead atoms. The van der Waals surface area contributed by atoms with Gasteiger partial charge < -0.3 is 35.6 Å². The van der Waals surface area contributed by atoms with Crippen LogP contribution in [0.25, 0.3) is 16.9 Å². The summed E-state index contributed by atoms with van der Waals surface area (Å²) in [6, 6.07) is 7.31. The van der Waals surface area contributed by atoms with Gasteiger partial charge in [-0.2, -0.15) is 0 Å². The SMILES string of the molecule is CN(C)[C@@H]1C(=O)C(C(N)=O)=C(O)[C@@]2(O)C(=O)C3=C(O)c4c(O)ccc(-c5ccc6c(c5)OCO6)c4CC3CC12. The smallest absolute Gasteiger partial charge is 0.255 e. The van der Waals surface area contributed by atoms with Crippen molar-refractivity contribution in [2.24, 2.45) is 17.6 Å². The summed E-state index contributed by atoms with van der Waals surface area (Å²) in [5.41, 5.74) is 3.66. The van der Waals surface area contributed by atoms with E-state index in [2.05, 4.69) is 0 Å².